The summed E-state index contributed by atoms with van der Waals surface area (Å²) in [5.41, 5.74) is 10.7. The van der Waals surface area contributed by atoms with Gasteiger partial charge in [-0.15, -0.1) is 0 Å². The van der Waals surface area contributed by atoms with Crippen LogP contribution in [0.15, 0.2) is 47.0 Å². The van der Waals surface area contributed by atoms with Crippen LogP contribution in [0, 0.1) is 0 Å². The third-order valence-corrected chi connectivity index (χ3v) is 8.69. The molecule has 2 aliphatic heterocycles. The number of fused-ring (bicyclic) bond motifs is 3. The minimum Gasteiger partial charge on any atom is -0.444 e. The minimum atomic E-state index is -0.550. The summed E-state index contributed by atoms with van der Waals surface area (Å²) in [5, 5.41) is 1.41. The first-order valence-corrected chi connectivity index (χ1v) is 16.1. The number of aliphatic imine (C=N–C) groups is 1. The molecule has 0 spiro atoms. The maximum absolute atomic E-state index is 14.1. The highest BCUT2D eigenvalue weighted by Crippen LogP contribution is 2.38. The van der Waals surface area contributed by atoms with Gasteiger partial charge in [0, 0.05) is 54.3 Å². The largest absolute Gasteiger partial charge is 0.444 e. The molecule has 0 radical (unpaired) electrons. The van der Waals surface area contributed by atoms with Crippen LogP contribution >= 0.6 is 11.6 Å². The van der Waals surface area contributed by atoms with E-state index in [9.17, 15) is 9.59 Å². The zero-order chi connectivity index (χ0) is 32.6. The fraction of sp³-hybridized carbons (Fsp3) is 0.471. The third-order valence-electron chi connectivity index (χ3n) is 8.38. The van der Waals surface area contributed by atoms with Gasteiger partial charge in [-0.2, -0.15) is 0 Å². The highest BCUT2D eigenvalue weighted by atomic mass is 35.5. The van der Waals surface area contributed by atoms with Crippen LogP contribution in [0.2, 0.25) is 5.15 Å². The maximum Gasteiger partial charge on any atom is 0.410 e. The second-order valence-corrected chi connectivity index (χ2v) is 13.6. The predicted octanol–water partition coefficient (Wildman–Crippen LogP) is 5.89. The number of amides is 2. The molecule has 3 aliphatic rings. The van der Waals surface area contributed by atoms with Gasteiger partial charge in [0.25, 0.3) is 5.91 Å². The molecule has 1 saturated carbocycles. The summed E-state index contributed by atoms with van der Waals surface area (Å²) in [7, 11) is 0. The van der Waals surface area contributed by atoms with Gasteiger partial charge >= 0.3 is 6.09 Å². The summed E-state index contributed by atoms with van der Waals surface area (Å²) in [6, 6.07) is 5.89. The van der Waals surface area contributed by atoms with Crippen LogP contribution in [-0.4, -0.2) is 67.7 Å². The summed E-state index contributed by atoms with van der Waals surface area (Å²) in [4.78, 5) is 48.4. The van der Waals surface area contributed by atoms with Gasteiger partial charge in [-0.3, -0.25) is 9.79 Å². The van der Waals surface area contributed by atoms with Crippen molar-refractivity contribution >= 4 is 40.7 Å². The van der Waals surface area contributed by atoms with Gasteiger partial charge < -0.3 is 25.0 Å². The van der Waals surface area contributed by atoms with Crippen molar-refractivity contribution in [1.29, 1.82) is 0 Å². The van der Waals surface area contributed by atoms with E-state index in [1.165, 1.54) is 0 Å². The Morgan fingerprint density at radius 1 is 1.13 bits per heavy atom. The lowest BCUT2D eigenvalue weighted by atomic mass is 10.0. The van der Waals surface area contributed by atoms with E-state index in [-0.39, 0.29) is 24.6 Å². The Hall–Kier alpha value is -4.09. The molecule has 1 aromatic carbocycles. The minimum absolute atomic E-state index is 0.0394. The molecule has 46 heavy (non-hydrogen) atoms. The first-order valence-electron chi connectivity index (χ1n) is 15.8. The van der Waals surface area contributed by atoms with Crippen LogP contribution in [0.1, 0.15) is 92.2 Å². The predicted molar refractivity (Wildman–Crippen MR) is 175 cm³/mol. The highest BCUT2D eigenvalue weighted by molar-refractivity contribution is 6.30. The molecule has 11 nitrogen and oxygen atoms in total. The number of carbonyl (C=O) groups excluding carboxylic acids is 2. The van der Waals surface area contributed by atoms with Gasteiger partial charge in [0.1, 0.15) is 16.6 Å². The zero-order valence-corrected chi connectivity index (χ0v) is 27.5. The third kappa shape index (κ3) is 7.15. The van der Waals surface area contributed by atoms with Crippen molar-refractivity contribution in [3.8, 4) is 0 Å². The fourth-order valence-corrected chi connectivity index (χ4v) is 6.00. The van der Waals surface area contributed by atoms with Crippen molar-refractivity contribution in [2.75, 3.05) is 13.1 Å². The molecule has 6 rings (SSSR count). The van der Waals surface area contributed by atoms with E-state index in [1.807, 2.05) is 39.0 Å². The van der Waals surface area contributed by atoms with Crippen molar-refractivity contribution in [1.82, 2.24) is 24.8 Å². The van der Waals surface area contributed by atoms with Crippen LogP contribution < -0.4 is 5.73 Å². The van der Waals surface area contributed by atoms with Crippen LogP contribution in [0.25, 0.3) is 10.9 Å². The SMILES string of the molecule is C/C(N)=C(/C=NC1CCN(C(=O)OC(C)(C)C)CC1)N(Cc1ccc2c3c(c(Cl)nc2c1)COC3)C(=O)c1cnc(C2CC2)nc1. The topological polar surface area (TPSA) is 136 Å². The molecule has 1 saturated heterocycles. The average molecular weight is 646 g/mol. The molecule has 4 heterocycles. The highest BCUT2D eigenvalue weighted by Gasteiger charge is 2.29. The van der Waals surface area contributed by atoms with E-state index in [1.54, 1.807) is 35.3 Å². The molecule has 2 amide bonds. The normalized spacial score (nSPS) is 17.7. The molecule has 1 aliphatic carbocycles. The molecule has 12 heteroatoms. The van der Waals surface area contributed by atoms with Crippen LogP contribution in [0.5, 0.6) is 0 Å². The number of carbonyl (C=O) groups is 2. The van der Waals surface area contributed by atoms with Gasteiger partial charge in [-0.25, -0.2) is 19.7 Å². The Morgan fingerprint density at radius 2 is 1.83 bits per heavy atom. The number of hydrogen-bond acceptors (Lipinski definition) is 9. The summed E-state index contributed by atoms with van der Waals surface area (Å²) in [6.45, 7) is 9.54. The first kappa shape index (κ1) is 31.9. The molecule has 0 unspecified atom stereocenters. The number of likely N-dealkylation sites (tertiary alicyclic amines) is 1. The summed E-state index contributed by atoms with van der Waals surface area (Å²) < 4.78 is 11.2. The number of allylic oxidation sites excluding steroid dienone is 2. The Labute approximate surface area is 273 Å². The lowest BCUT2D eigenvalue weighted by Crippen LogP contribution is -2.42. The van der Waals surface area contributed by atoms with Gasteiger partial charge in [-0.1, -0.05) is 23.7 Å². The van der Waals surface area contributed by atoms with E-state index in [0.29, 0.717) is 67.2 Å². The summed E-state index contributed by atoms with van der Waals surface area (Å²) in [6.07, 6.45) is 8.03. The quantitative estimate of drug-likeness (QED) is 0.248. The Bertz CT molecular complexity index is 1700. The molecule has 2 N–H and O–H groups in total. The number of benzene rings is 1. The van der Waals surface area contributed by atoms with Gasteiger partial charge in [0.05, 0.1) is 42.6 Å². The molecular weight excluding hydrogens is 606 g/mol. The number of pyridine rings is 1. The van der Waals surface area contributed by atoms with Gasteiger partial charge in [-0.05, 0) is 70.6 Å². The molecule has 242 valence electrons. The van der Waals surface area contributed by atoms with Crippen molar-refractivity contribution in [3.63, 3.8) is 0 Å². The molecular formula is C34H40ClN7O4. The van der Waals surface area contributed by atoms with Crippen LogP contribution in [-0.2, 0) is 29.2 Å². The van der Waals surface area contributed by atoms with Crippen LogP contribution in [0.3, 0.4) is 0 Å². The molecule has 0 atom stereocenters. The van der Waals surface area contributed by atoms with E-state index < -0.39 is 5.60 Å². The van der Waals surface area contributed by atoms with E-state index >= 15 is 0 Å². The van der Waals surface area contributed by atoms with Gasteiger partial charge in [0.15, 0.2) is 0 Å². The van der Waals surface area contributed by atoms with E-state index in [2.05, 4.69) is 15.0 Å². The second-order valence-electron chi connectivity index (χ2n) is 13.2. The number of nitrogens with two attached hydrogens (primary N) is 1. The Balaban J connectivity index is 1.26. The molecule has 2 aromatic heterocycles. The number of hydrogen-bond donors (Lipinski definition) is 1. The smallest absolute Gasteiger partial charge is 0.410 e. The second kappa shape index (κ2) is 13.0. The summed E-state index contributed by atoms with van der Waals surface area (Å²) in [5.74, 6) is 0.851. The molecule has 2 fully saturated rings. The first-order chi connectivity index (χ1) is 22.0. The molecule has 3 aromatic rings. The average Bonchev–Trinajstić information content (AvgIpc) is 3.75. The fourth-order valence-electron chi connectivity index (χ4n) is 5.74. The lowest BCUT2D eigenvalue weighted by molar-refractivity contribution is 0.0207. The maximum atomic E-state index is 14.1. The van der Waals surface area contributed by atoms with Crippen molar-refractivity contribution < 1.29 is 19.1 Å². The number of nitrogens with zero attached hydrogens (tertiary/aromatic N) is 6. The van der Waals surface area contributed by atoms with Gasteiger partial charge in [0.2, 0.25) is 0 Å². The Morgan fingerprint density at radius 3 is 2.48 bits per heavy atom. The lowest BCUT2D eigenvalue weighted by Gasteiger charge is -2.32. The number of ether oxygens (including phenoxy) is 2. The standard InChI is InChI=1S/C34H40ClN7O4/c1-20(36)29(16-37-24-9-11-41(12-10-24)33(44)46-34(2,3)4)42(32(43)23-14-38-31(39-15-23)22-6-7-22)17-21-5-8-25-26-18-45-19-27(26)30(35)40-28(25)13-21/h5,8,13-16,22,24H,6-7,9-12,17-19,36H2,1-4H3/b29-20+,37-16?. The van der Waals surface area contributed by atoms with Crippen molar-refractivity contribution in [3.05, 3.63) is 75.2 Å². The van der Waals surface area contributed by atoms with Crippen molar-refractivity contribution in [2.45, 2.75) is 90.7 Å². The number of aromatic nitrogens is 3. The van der Waals surface area contributed by atoms with E-state index in [4.69, 9.17) is 31.8 Å². The number of piperidine rings is 1. The summed E-state index contributed by atoms with van der Waals surface area (Å²) >= 11 is 6.50. The number of halogens is 1. The van der Waals surface area contributed by atoms with Crippen LogP contribution in [0.4, 0.5) is 4.79 Å². The number of rotatable bonds is 7. The van der Waals surface area contributed by atoms with E-state index in [0.717, 1.165) is 46.3 Å². The monoisotopic (exact) mass is 645 g/mol. The van der Waals surface area contributed by atoms with Crippen molar-refractivity contribution in [2.24, 2.45) is 10.7 Å². The Kier molecular flexibility index (Phi) is 8.98. The molecule has 0 bridgehead atoms. The zero-order valence-electron chi connectivity index (χ0n) is 26.8.